The van der Waals surface area contributed by atoms with E-state index in [4.69, 9.17) is 33.2 Å². The molecule has 254 valence electrons. The number of carbonyl (C=O) groups excluding carboxylic acids is 1. The van der Waals surface area contributed by atoms with Gasteiger partial charge in [-0.3, -0.25) is 0 Å². The number of hydrogen-bond acceptors (Lipinski definition) is 15. The Morgan fingerprint density at radius 1 is 0.848 bits per heavy atom. The molecule has 0 radical (unpaired) electrons. The van der Waals surface area contributed by atoms with Crippen LogP contribution in [0.4, 0.5) is 0 Å². The minimum Gasteiger partial charge on any atom is -0.504 e. The van der Waals surface area contributed by atoms with E-state index in [1.54, 1.807) is 18.2 Å². The summed E-state index contributed by atoms with van der Waals surface area (Å²) in [6, 6.07) is 9.16. The normalized spacial score (nSPS) is 31.5. The number of aliphatic hydroxyl groups is 5. The molecule has 0 saturated carbocycles. The van der Waals surface area contributed by atoms with Crippen molar-refractivity contribution in [2.24, 2.45) is 0 Å². The number of esters is 1. The highest BCUT2D eigenvalue weighted by Crippen LogP contribution is 2.32. The number of phenolic OH excluding ortho intramolecular Hbond substituents is 2. The number of benzene rings is 2. The smallest absolute Gasteiger partial charge is 0.331 e. The highest BCUT2D eigenvalue weighted by molar-refractivity contribution is 5.87. The summed E-state index contributed by atoms with van der Waals surface area (Å²) in [4.78, 5) is 12.9. The van der Waals surface area contributed by atoms with E-state index < -0.39 is 79.7 Å². The Hall–Kier alpha value is -3.51. The summed E-state index contributed by atoms with van der Waals surface area (Å²) in [6.07, 6.45) is -12.1. The van der Waals surface area contributed by atoms with Gasteiger partial charge in [0.25, 0.3) is 0 Å². The van der Waals surface area contributed by atoms with Crippen molar-refractivity contribution in [3.8, 4) is 23.0 Å². The van der Waals surface area contributed by atoms with Gasteiger partial charge in [0.05, 0.1) is 33.5 Å². The number of carbonyl (C=O) groups is 1. The van der Waals surface area contributed by atoms with E-state index in [2.05, 4.69) is 0 Å². The number of rotatable bonds is 12. The summed E-state index contributed by atoms with van der Waals surface area (Å²) in [5.41, 5.74) is 1.16. The van der Waals surface area contributed by atoms with Crippen molar-refractivity contribution in [2.75, 3.05) is 27.4 Å². The zero-order valence-corrected chi connectivity index (χ0v) is 25.4. The third kappa shape index (κ3) is 8.25. The number of phenols is 2. The van der Waals surface area contributed by atoms with Crippen LogP contribution in [-0.2, 0) is 34.9 Å². The van der Waals surface area contributed by atoms with Crippen molar-refractivity contribution in [2.45, 2.75) is 74.8 Å². The van der Waals surface area contributed by atoms with Crippen LogP contribution in [0.2, 0.25) is 0 Å². The fourth-order valence-electron chi connectivity index (χ4n) is 5.07. The molecule has 4 rings (SSSR count). The van der Waals surface area contributed by atoms with E-state index in [1.807, 2.05) is 0 Å². The first-order valence-corrected chi connectivity index (χ1v) is 14.5. The monoisotopic (exact) mass is 652 g/mol. The second-order valence-electron chi connectivity index (χ2n) is 10.8. The van der Waals surface area contributed by atoms with Crippen LogP contribution < -0.4 is 9.47 Å². The lowest BCUT2D eigenvalue weighted by molar-refractivity contribution is -0.357. The molecule has 46 heavy (non-hydrogen) atoms. The molecule has 2 heterocycles. The van der Waals surface area contributed by atoms with Gasteiger partial charge in [-0.25, -0.2) is 4.79 Å². The molecule has 0 bridgehead atoms. The van der Waals surface area contributed by atoms with Crippen molar-refractivity contribution < 1.29 is 73.7 Å². The Labute approximate surface area is 264 Å². The summed E-state index contributed by atoms with van der Waals surface area (Å²) in [7, 11) is 3.02. The molecule has 2 aliphatic heterocycles. The molecule has 0 amide bonds. The Morgan fingerprint density at radius 2 is 1.59 bits per heavy atom. The summed E-state index contributed by atoms with van der Waals surface area (Å²) in [5.74, 6) is -0.658. The zero-order valence-electron chi connectivity index (χ0n) is 25.4. The van der Waals surface area contributed by atoms with Gasteiger partial charge >= 0.3 is 5.97 Å². The van der Waals surface area contributed by atoms with Gasteiger partial charge in [-0.1, -0.05) is 12.1 Å². The summed E-state index contributed by atoms with van der Waals surface area (Å²) < 4.78 is 39.1. The molecule has 15 nitrogen and oxygen atoms in total. The van der Waals surface area contributed by atoms with Crippen LogP contribution in [0.5, 0.6) is 23.0 Å². The predicted octanol–water partition coefficient (Wildman–Crippen LogP) is -0.410. The fourth-order valence-corrected chi connectivity index (χ4v) is 5.07. The molecular weight excluding hydrogens is 612 g/mol. The van der Waals surface area contributed by atoms with Crippen LogP contribution in [0.3, 0.4) is 0 Å². The van der Waals surface area contributed by atoms with Crippen molar-refractivity contribution in [1.29, 1.82) is 0 Å². The van der Waals surface area contributed by atoms with Gasteiger partial charge in [-0.05, 0) is 54.8 Å². The highest BCUT2D eigenvalue weighted by atomic mass is 16.7. The molecule has 2 saturated heterocycles. The standard InChI is InChI=1S/C31H40O15/c1-15-24(36)25(37)26(38)31(43-15)46-29-27(39)30(42-11-10-17-5-8-20(40-2)21(13-17)41-3)44-22(14-32)28(29)45-23(35)9-6-16-4-7-18(33)19(34)12-16/h4-9,12-13,15,22,24-34,36-39H,10-11,14H2,1-3H3/t15-,22+,24-,25+,26+,27+,28+,29+,30+,31-/m0/s1. The average molecular weight is 653 g/mol. The van der Waals surface area contributed by atoms with Gasteiger partial charge in [0, 0.05) is 6.08 Å². The summed E-state index contributed by atoms with van der Waals surface area (Å²) in [6.45, 7) is 0.761. The molecule has 2 aromatic rings. The number of aromatic hydroxyl groups is 2. The number of aliphatic hydroxyl groups excluding tert-OH is 5. The molecule has 0 aliphatic carbocycles. The Balaban J connectivity index is 1.52. The van der Waals surface area contributed by atoms with Crippen molar-refractivity contribution in [3.63, 3.8) is 0 Å². The van der Waals surface area contributed by atoms with Crippen molar-refractivity contribution >= 4 is 12.0 Å². The molecule has 15 heteroatoms. The van der Waals surface area contributed by atoms with E-state index in [1.165, 1.54) is 45.4 Å². The molecule has 10 atom stereocenters. The van der Waals surface area contributed by atoms with Crippen LogP contribution in [0.1, 0.15) is 18.1 Å². The molecule has 2 fully saturated rings. The maximum Gasteiger partial charge on any atom is 0.331 e. The number of hydrogen-bond donors (Lipinski definition) is 7. The minimum absolute atomic E-state index is 0.0270. The van der Waals surface area contributed by atoms with E-state index in [-0.39, 0.29) is 12.4 Å². The molecule has 2 aromatic carbocycles. The second kappa shape index (κ2) is 15.9. The molecule has 7 N–H and O–H groups in total. The van der Waals surface area contributed by atoms with Crippen molar-refractivity contribution in [3.05, 3.63) is 53.6 Å². The van der Waals surface area contributed by atoms with E-state index in [0.29, 0.717) is 23.5 Å². The third-order valence-corrected chi connectivity index (χ3v) is 7.68. The van der Waals surface area contributed by atoms with Crippen LogP contribution in [0, 0.1) is 0 Å². The Bertz CT molecular complexity index is 1340. The Morgan fingerprint density at radius 3 is 2.26 bits per heavy atom. The van der Waals surface area contributed by atoms with Gasteiger partial charge in [0.15, 0.2) is 41.7 Å². The van der Waals surface area contributed by atoms with E-state index in [9.17, 15) is 40.5 Å². The van der Waals surface area contributed by atoms with Crippen LogP contribution >= 0.6 is 0 Å². The average Bonchev–Trinajstić information content (AvgIpc) is 3.05. The first-order valence-electron chi connectivity index (χ1n) is 14.5. The van der Waals surface area contributed by atoms with Crippen LogP contribution in [0.15, 0.2) is 42.5 Å². The highest BCUT2D eigenvalue weighted by Gasteiger charge is 2.52. The second-order valence-corrected chi connectivity index (χ2v) is 10.8. The number of methoxy groups -OCH3 is 2. The first-order chi connectivity index (χ1) is 22.0. The minimum atomic E-state index is -1.75. The summed E-state index contributed by atoms with van der Waals surface area (Å²) in [5, 5.41) is 71.7. The van der Waals surface area contributed by atoms with Gasteiger partial charge in [-0.2, -0.15) is 0 Å². The molecule has 0 spiro atoms. The van der Waals surface area contributed by atoms with Gasteiger partial charge < -0.3 is 68.9 Å². The lowest BCUT2D eigenvalue weighted by Gasteiger charge is -2.46. The van der Waals surface area contributed by atoms with Crippen molar-refractivity contribution in [1.82, 2.24) is 0 Å². The van der Waals surface area contributed by atoms with E-state index >= 15 is 0 Å². The van der Waals surface area contributed by atoms with Crippen LogP contribution in [0.25, 0.3) is 6.08 Å². The van der Waals surface area contributed by atoms with Gasteiger partial charge in [0.2, 0.25) is 0 Å². The summed E-state index contributed by atoms with van der Waals surface area (Å²) >= 11 is 0. The first kappa shape index (κ1) is 35.3. The maximum atomic E-state index is 12.9. The van der Waals surface area contributed by atoms with E-state index in [0.717, 1.165) is 11.6 Å². The molecule has 0 unspecified atom stereocenters. The molecular formula is C31H40O15. The topological polar surface area (TPSA) is 223 Å². The largest absolute Gasteiger partial charge is 0.504 e. The Kier molecular flexibility index (Phi) is 12.2. The lowest BCUT2D eigenvalue weighted by atomic mass is 9.97. The van der Waals surface area contributed by atoms with Gasteiger partial charge in [0.1, 0.15) is 36.6 Å². The quantitative estimate of drug-likeness (QED) is 0.0880. The molecule has 2 aliphatic rings. The SMILES string of the molecule is COc1ccc(CCO[C@@H]2O[C@H](CO)[C@@H](OC(=O)C=Cc3ccc(O)c(O)c3)[C@H](O[C@@H]3O[C@@H](C)[C@H](O)[C@@H](O)[C@H]3O)[C@H]2O)cc1OC. The zero-order chi connectivity index (χ0) is 33.5. The molecule has 0 aromatic heterocycles. The lowest BCUT2D eigenvalue weighted by Crippen LogP contribution is -2.65. The maximum absolute atomic E-state index is 12.9. The number of ether oxygens (including phenoxy) is 7. The third-order valence-electron chi connectivity index (χ3n) is 7.68. The predicted molar refractivity (Wildman–Crippen MR) is 157 cm³/mol. The fraction of sp³-hybridized carbons (Fsp3) is 0.516. The van der Waals surface area contributed by atoms with Crippen LogP contribution in [-0.4, -0.2) is 131 Å². The van der Waals surface area contributed by atoms with Gasteiger partial charge in [-0.15, -0.1) is 0 Å².